The molecule has 2 aromatic heterocycles. The Bertz CT molecular complexity index is 1190. The predicted molar refractivity (Wildman–Crippen MR) is 115 cm³/mol. The zero-order chi connectivity index (χ0) is 21.0. The van der Waals surface area contributed by atoms with Crippen molar-refractivity contribution in [1.29, 1.82) is 0 Å². The molecule has 3 aromatic rings. The Labute approximate surface area is 185 Å². The topological polar surface area (TPSA) is 91.3 Å². The highest BCUT2D eigenvalue weighted by atomic mass is 35.5. The van der Waals surface area contributed by atoms with Crippen LogP contribution in [0.5, 0.6) is 0 Å². The smallest absolute Gasteiger partial charge is 0.289 e. The Morgan fingerprint density at radius 2 is 2.07 bits per heavy atom. The van der Waals surface area contributed by atoms with Crippen molar-refractivity contribution in [2.45, 2.75) is 13.1 Å². The maximum atomic E-state index is 12.9. The van der Waals surface area contributed by atoms with Gasteiger partial charge in [0.2, 0.25) is 11.8 Å². The SMILES string of the molecule is O=C(CN1C(=O)CSC1=O)N1CCn2c(c(-c3cn[nH]c3)c3ccc(Cl)c(Cl)c32)C1. The van der Waals surface area contributed by atoms with E-state index in [1.807, 2.05) is 6.07 Å². The number of hydrogen-bond donors (Lipinski definition) is 1. The van der Waals surface area contributed by atoms with E-state index in [9.17, 15) is 14.4 Å². The average molecular weight is 464 g/mol. The molecule has 0 unspecified atom stereocenters. The zero-order valence-electron chi connectivity index (χ0n) is 15.5. The molecule has 2 aliphatic rings. The van der Waals surface area contributed by atoms with Gasteiger partial charge in [-0.05, 0) is 6.07 Å². The molecule has 0 bridgehead atoms. The monoisotopic (exact) mass is 463 g/mol. The van der Waals surface area contributed by atoms with Gasteiger partial charge in [-0.25, -0.2) is 0 Å². The number of fused-ring (bicyclic) bond motifs is 3. The number of H-pyrrole nitrogens is 1. The summed E-state index contributed by atoms with van der Waals surface area (Å²) in [5.41, 5.74) is 3.54. The summed E-state index contributed by atoms with van der Waals surface area (Å²) in [6.45, 7) is 1.04. The van der Waals surface area contributed by atoms with Crippen molar-refractivity contribution in [3.63, 3.8) is 0 Å². The molecule has 3 amide bonds. The van der Waals surface area contributed by atoms with Crippen molar-refractivity contribution in [3.05, 3.63) is 40.3 Å². The van der Waals surface area contributed by atoms with Gasteiger partial charge in [-0.3, -0.25) is 24.4 Å². The van der Waals surface area contributed by atoms with Gasteiger partial charge in [0.1, 0.15) is 6.54 Å². The van der Waals surface area contributed by atoms with Crippen LogP contribution in [0.4, 0.5) is 4.79 Å². The third-order valence-electron chi connectivity index (χ3n) is 5.43. The van der Waals surface area contributed by atoms with Crippen molar-refractivity contribution in [2.75, 3.05) is 18.8 Å². The van der Waals surface area contributed by atoms with Crippen LogP contribution in [-0.4, -0.2) is 60.5 Å². The van der Waals surface area contributed by atoms with Crippen LogP contribution >= 0.6 is 35.0 Å². The van der Waals surface area contributed by atoms with Gasteiger partial charge in [0.15, 0.2) is 0 Å². The molecule has 0 saturated carbocycles. The van der Waals surface area contributed by atoms with Crippen LogP contribution in [-0.2, 0) is 22.7 Å². The van der Waals surface area contributed by atoms with E-state index in [1.165, 1.54) is 0 Å². The maximum Gasteiger partial charge on any atom is 0.289 e. The maximum absolute atomic E-state index is 12.9. The molecule has 11 heteroatoms. The molecule has 0 aliphatic carbocycles. The first-order chi connectivity index (χ1) is 14.5. The van der Waals surface area contributed by atoms with E-state index in [0.29, 0.717) is 29.7 Å². The molecular formula is C19H15Cl2N5O3S. The number of hydrogen-bond acceptors (Lipinski definition) is 5. The van der Waals surface area contributed by atoms with Gasteiger partial charge in [0.25, 0.3) is 5.24 Å². The van der Waals surface area contributed by atoms with Crippen molar-refractivity contribution in [2.24, 2.45) is 0 Å². The van der Waals surface area contributed by atoms with Gasteiger partial charge in [-0.15, -0.1) is 0 Å². The Balaban J connectivity index is 1.54. The van der Waals surface area contributed by atoms with Crippen LogP contribution in [0.2, 0.25) is 10.0 Å². The van der Waals surface area contributed by atoms with Gasteiger partial charge in [0.05, 0.1) is 34.1 Å². The molecule has 1 aromatic carbocycles. The van der Waals surface area contributed by atoms with Crippen molar-refractivity contribution >= 4 is 62.9 Å². The highest BCUT2D eigenvalue weighted by molar-refractivity contribution is 8.14. The summed E-state index contributed by atoms with van der Waals surface area (Å²) in [5.74, 6) is -0.507. The zero-order valence-corrected chi connectivity index (χ0v) is 17.9. The van der Waals surface area contributed by atoms with E-state index in [4.69, 9.17) is 23.2 Å². The van der Waals surface area contributed by atoms with Crippen LogP contribution < -0.4 is 0 Å². The van der Waals surface area contributed by atoms with Gasteiger partial charge >= 0.3 is 0 Å². The lowest BCUT2D eigenvalue weighted by Crippen LogP contribution is -2.45. The van der Waals surface area contributed by atoms with E-state index in [0.717, 1.165) is 44.4 Å². The number of carbonyl (C=O) groups is 3. The van der Waals surface area contributed by atoms with E-state index < -0.39 is 0 Å². The second-order valence-corrected chi connectivity index (χ2v) is 8.78. The first-order valence-electron chi connectivity index (χ1n) is 9.19. The molecule has 154 valence electrons. The summed E-state index contributed by atoms with van der Waals surface area (Å²) in [6.07, 6.45) is 3.51. The number of nitrogens with one attached hydrogen (secondary N) is 1. The minimum atomic E-state index is -0.375. The van der Waals surface area contributed by atoms with E-state index in [1.54, 1.807) is 23.4 Å². The van der Waals surface area contributed by atoms with Crippen LogP contribution in [0.3, 0.4) is 0 Å². The second kappa shape index (κ2) is 7.33. The lowest BCUT2D eigenvalue weighted by Gasteiger charge is -2.30. The molecule has 1 fully saturated rings. The van der Waals surface area contributed by atoms with Crippen LogP contribution in [0, 0.1) is 0 Å². The molecule has 5 rings (SSSR count). The summed E-state index contributed by atoms with van der Waals surface area (Å²) in [7, 11) is 0. The number of benzene rings is 1. The van der Waals surface area contributed by atoms with E-state index in [-0.39, 0.29) is 29.4 Å². The van der Waals surface area contributed by atoms with Crippen molar-refractivity contribution in [1.82, 2.24) is 24.6 Å². The van der Waals surface area contributed by atoms with Crippen LogP contribution in [0.25, 0.3) is 22.0 Å². The standard InChI is InChI=1S/C19H15Cl2N5O3S/c20-12-2-1-11-16(10-5-22-23-6-10)13-7-24(3-4-25(13)18(11)17(12)21)14(27)8-26-15(28)9-30-19(26)29/h1-2,5-6H,3-4,7-9H2,(H,22,23). The first kappa shape index (κ1) is 19.5. The largest absolute Gasteiger partial charge is 0.339 e. The molecule has 0 radical (unpaired) electrons. The summed E-state index contributed by atoms with van der Waals surface area (Å²) in [5, 5.41) is 8.36. The Hall–Kier alpha value is -2.49. The summed E-state index contributed by atoms with van der Waals surface area (Å²) in [4.78, 5) is 39.3. The van der Waals surface area contributed by atoms with Gasteiger partial charge in [-0.2, -0.15) is 5.10 Å². The highest BCUT2D eigenvalue weighted by Crippen LogP contribution is 2.42. The lowest BCUT2D eigenvalue weighted by atomic mass is 10.0. The first-order valence-corrected chi connectivity index (χ1v) is 10.9. The number of aromatic nitrogens is 3. The third kappa shape index (κ3) is 3.00. The van der Waals surface area contributed by atoms with Crippen LogP contribution in [0.15, 0.2) is 24.5 Å². The summed E-state index contributed by atoms with van der Waals surface area (Å²) >= 11 is 13.7. The molecule has 8 nitrogen and oxygen atoms in total. The lowest BCUT2D eigenvalue weighted by molar-refractivity contribution is -0.137. The molecular weight excluding hydrogens is 449 g/mol. The molecule has 30 heavy (non-hydrogen) atoms. The number of aromatic amines is 1. The fourth-order valence-corrected chi connectivity index (χ4v) is 5.16. The Morgan fingerprint density at radius 3 is 2.77 bits per heavy atom. The van der Waals surface area contributed by atoms with Gasteiger partial charge in [-0.1, -0.05) is 41.0 Å². The number of rotatable bonds is 3. The fraction of sp³-hybridized carbons (Fsp3) is 0.263. The molecule has 1 N–H and O–H groups in total. The van der Waals surface area contributed by atoms with E-state index >= 15 is 0 Å². The summed E-state index contributed by atoms with van der Waals surface area (Å²) < 4.78 is 2.08. The molecule has 0 spiro atoms. The molecule has 4 heterocycles. The summed E-state index contributed by atoms with van der Waals surface area (Å²) in [6, 6.07) is 3.68. The molecule has 0 atom stereocenters. The predicted octanol–water partition coefficient (Wildman–Crippen LogP) is 3.38. The molecule has 1 saturated heterocycles. The average Bonchev–Trinajstić information content (AvgIpc) is 3.44. The number of nitrogens with zero attached hydrogens (tertiary/aromatic N) is 4. The number of imide groups is 1. The fourth-order valence-electron chi connectivity index (χ4n) is 4.01. The van der Waals surface area contributed by atoms with Crippen molar-refractivity contribution in [3.8, 4) is 11.1 Å². The quantitative estimate of drug-likeness (QED) is 0.642. The number of amides is 3. The highest BCUT2D eigenvalue weighted by Gasteiger charge is 2.34. The van der Waals surface area contributed by atoms with E-state index in [2.05, 4.69) is 14.8 Å². The number of thioether (sulfide) groups is 1. The van der Waals surface area contributed by atoms with Gasteiger partial charge in [0, 0.05) is 41.5 Å². The minimum absolute atomic E-state index is 0.0875. The Kier molecular flexibility index (Phi) is 4.76. The van der Waals surface area contributed by atoms with Gasteiger partial charge < -0.3 is 9.47 Å². The second-order valence-electron chi connectivity index (χ2n) is 7.07. The van der Waals surface area contributed by atoms with Crippen molar-refractivity contribution < 1.29 is 14.4 Å². The number of carbonyl (C=O) groups excluding carboxylic acids is 3. The number of halogens is 2. The molecule has 2 aliphatic heterocycles. The normalized spacial score (nSPS) is 16.6. The Morgan fingerprint density at radius 1 is 1.23 bits per heavy atom. The third-order valence-corrected chi connectivity index (χ3v) is 7.08. The van der Waals surface area contributed by atoms with Crippen LogP contribution in [0.1, 0.15) is 5.69 Å². The minimum Gasteiger partial charge on any atom is -0.339 e.